The molecule has 6 heteroatoms. The molecule has 128 valence electrons. The van der Waals surface area contributed by atoms with Crippen molar-refractivity contribution >= 4 is 45.0 Å². The summed E-state index contributed by atoms with van der Waals surface area (Å²) in [7, 11) is 0. The van der Waals surface area contributed by atoms with Crippen molar-refractivity contribution < 1.29 is 14.3 Å². The van der Waals surface area contributed by atoms with Crippen molar-refractivity contribution in [1.82, 2.24) is 9.97 Å². The average molecular weight is 365 g/mol. The minimum absolute atomic E-state index is 0.162. The van der Waals surface area contributed by atoms with Gasteiger partial charge in [0, 0.05) is 34.4 Å². The number of aromatic amines is 1. The van der Waals surface area contributed by atoms with Gasteiger partial charge in [-0.05, 0) is 29.7 Å². The highest BCUT2D eigenvalue weighted by Crippen LogP contribution is 2.33. The Bertz CT molecular complexity index is 1180. The Morgan fingerprint density at radius 3 is 2.62 bits per heavy atom. The SMILES string of the molecule is CC(=O)Oc1c(C(=O)c2cc3ccccc3cn2)[nH]c2ccc(Cl)cc12. The van der Waals surface area contributed by atoms with Crippen LogP contribution in [0.15, 0.2) is 54.7 Å². The van der Waals surface area contributed by atoms with Gasteiger partial charge in [0.1, 0.15) is 11.4 Å². The number of nitrogens with zero attached hydrogens (tertiary/aromatic N) is 1. The van der Waals surface area contributed by atoms with Gasteiger partial charge in [-0.3, -0.25) is 14.6 Å². The third-order valence-corrected chi connectivity index (χ3v) is 4.28. The lowest BCUT2D eigenvalue weighted by Gasteiger charge is -2.05. The molecule has 0 saturated heterocycles. The maximum Gasteiger partial charge on any atom is 0.308 e. The van der Waals surface area contributed by atoms with E-state index in [0.717, 1.165) is 10.8 Å². The van der Waals surface area contributed by atoms with Gasteiger partial charge >= 0.3 is 5.97 Å². The maximum atomic E-state index is 13.0. The van der Waals surface area contributed by atoms with E-state index in [2.05, 4.69) is 9.97 Å². The smallest absolute Gasteiger partial charge is 0.308 e. The Morgan fingerprint density at radius 2 is 1.85 bits per heavy atom. The molecule has 26 heavy (non-hydrogen) atoms. The van der Waals surface area contributed by atoms with Crippen molar-refractivity contribution in [3.8, 4) is 5.75 Å². The van der Waals surface area contributed by atoms with Gasteiger partial charge in [0.2, 0.25) is 5.78 Å². The number of H-pyrrole nitrogens is 1. The fraction of sp³-hybridized carbons (Fsp3) is 0.0500. The van der Waals surface area contributed by atoms with E-state index in [1.807, 2.05) is 24.3 Å². The van der Waals surface area contributed by atoms with E-state index in [-0.39, 0.29) is 22.9 Å². The van der Waals surface area contributed by atoms with Crippen molar-refractivity contribution in [2.75, 3.05) is 0 Å². The molecule has 0 unspecified atom stereocenters. The number of rotatable bonds is 3. The number of nitrogens with one attached hydrogen (secondary N) is 1. The number of benzene rings is 2. The fourth-order valence-electron chi connectivity index (χ4n) is 2.88. The lowest BCUT2D eigenvalue weighted by Crippen LogP contribution is -2.09. The summed E-state index contributed by atoms with van der Waals surface area (Å²) in [4.78, 5) is 31.8. The van der Waals surface area contributed by atoms with Gasteiger partial charge in [0.05, 0.1) is 0 Å². The Hall–Kier alpha value is -3.18. The minimum atomic E-state index is -0.522. The first-order valence-electron chi connectivity index (χ1n) is 7.92. The predicted molar refractivity (Wildman–Crippen MR) is 99.8 cm³/mol. The molecule has 2 aromatic carbocycles. The number of fused-ring (bicyclic) bond motifs is 2. The van der Waals surface area contributed by atoms with Gasteiger partial charge in [-0.25, -0.2) is 0 Å². The second kappa shape index (κ2) is 6.28. The molecule has 4 rings (SSSR count). The molecule has 0 radical (unpaired) electrons. The van der Waals surface area contributed by atoms with E-state index < -0.39 is 5.97 Å². The Kier molecular flexibility index (Phi) is 3.93. The van der Waals surface area contributed by atoms with Crippen LogP contribution in [0.3, 0.4) is 0 Å². The van der Waals surface area contributed by atoms with E-state index in [1.165, 1.54) is 6.92 Å². The Balaban J connectivity index is 1.88. The molecule has 5 nitrogen and oxygen atoms in total. The first-order chi connectivity index (χ1) is 12.5. The molecule has 0 atom stereocenters. The summed E-state index contributed by atoms with van der Waals surface area (Å²) >= 11 is 6.05. The van der Waals surface area contributed by atoms with Crippen molar-refractivity contribution in [3.63, 3.8) is 0 Å². The number of carbonyl (C=O) groups excluding carboxylic acids is 2. The molecule has 0 saturated carbocycles. The molecule has 4 aromatic rings. The van der Waals surface area contributed by atoms with Gasteiger partial charge in [-0.2, -0.15) is 0 Å². The fourth-order valence-corrected chi connectivity index (χ4v) is 3.06. The van der Waals surface area contributed by atoms with Crippen LogP contribution < -0.4 is 4.74 Å². The molecule has 2 aromatic heterocycles. The third-order valence-electron chi connectivity index (χ3n) is 4.05. The number of aromatic nitrogens is 2. The van der Waals surface area contributed by atoms with Gasteiger partial charge in [0.15, 0.2) is 5.75 Å². The molecule has 2 heterocycles. The van der Waals surface area contributed by atoms with Crippen LogP contribution in [0.25, 0.3) is 21.7 Å². The van der Waals surface area contributed by atoms with Crippen molar-refractivity contribution in [2.45, 2.75) is 6.92 Å². The first-order valence-corrected chi connectivity index (χ1v) is 8.30. The molecule has 0 amide bonds. The van der Waals surface area contributed by atoms with E-state index in [9.17, 15) is 9.59 Å². The van der Waals surface area contributed by atoms with Gasteiger partial charge < -0.3 is 9.72 Å². The van der Waals surface area contributed by atoms with Crippen molar-refractivity contribution in [2.24, 2.45) is 0 Å². The summed E-state index contributed by atoms with van der Waals surface area (Å²) in [6, 6.07) is 14.4. The quantitative estimate of drug-likeness (QED) is 0.428. The van der Waals surface area contributed by atoms with E-state index in [1.54, 1.807) is 30.5 Å². The summed E-state index contributed by atoms with van der Waals surface area (Å²) in [6.07, 6.45) is 1.65. The van der Waals surface area contributed by atoms with Crippen molar-refractivity contribution in [1.29, 1.82) is 0 Å². The van der Waals surface area contributed by atoms with Gasteiger partial charge in [-0.15, -0.1) is 0 Å². The third kappa shape index (κ3) is 2.82. The minimum Gasteiger partial charge on any atom is -0.424 e. The zero-order chi connectivity index (χ0) is 18.3. The highest BCUT2D eigenvalue weighted by molar-refractivity contribution is 6.31. The molecule has 0 aliphatic heterocycles. The summed E-state index contributed by atoms with van der Waals surface area (Å²) in [5.41, 5.74) is 1.07. The van der Waals surface area contributed by atoms with Crippen LogP contribution in [0, 0.1) is 0 Å². The molecule has 0 fully saturated rings. The summed E-state index contributed by atoms with van der Waals surface area (Å²) < 4.78 is 5.31. The van der Waals surface area contributed by atoms with Crippen LogP contribution in [0.1, 0.15) is 23.1 Å². The Labute approximate surface area is 153 Å². The second-order valence-electron chi connectivity index (χ2n) is 5.86. The van der Waals surface area contributed by atoms with Crippen LogP contribution in [-0.4, -0.2) is 21.7 Å². The predicted octanol–water partition coefficient (Wildman–Crippen LogP) is 4.53. The van der Waals surface area contributed by atoms with E-state index in [4.69, 9.17) is 16.3 Å². The molecule has 0 spiro atoms. The highest BCUT2D eigenvalue weighted by atomic mass is 35.5. The topological polar surface area (TPSA) is 72.1 Å². The number of carbonyl (C=O) groups is 2. The van der Waals surface area contributed by atoms with Gasteiger partial charge in [-0.1, -0.05) is 35.9 Å². The zero-order valence-corrected chi connectivity index (χ0v) is 14.5. The largest absolute Gasteiger partial charge is 0.424 e. The van der Waals surface area contributed by atoms with Crippen LogP contribution >= 0.6 is 11.6 Å². The van der Waals surface area contributed by atoms with Crippen LogP contribution in [0.2, 0.25) is 5.02 Å². The number of ether oxygens (including phenoxy) is 1. The summed E-state index contributed by atoms with van der Waals surface area (Å²) in [5.74, 6) is -0.722. The number of pyridine rings is 1. The molecule has 1 N–H and O–H groups in total. The number of halogens is 1. The van der Waals surface area contributed by atoms with Crippen LogP contribution in [0.5, 0.6) is 5.75 Å². The molecular weight excluding hydrogens is 352 g/mol. The zero-order valence-electron chi connectivity index (χ0n) is 13.7. The molecule has 0 bridgehead atoms. The summed E-state index contributed by atoms with van der Waals surface area (Å²) in [6.45, 7) is 1.28. The standard InChI is InChI=1S/C20H13ClN2O3/c1-11(24)26-20-15-9-14(21)6-7-16(15)23-18(20)19(25)17-8-12-4-2-3-5-13(12)10-22-17/h2-10,23H,1H3. The second-order valence-corrected chi connectivity index (χ2v) is 6.29. The normalized spacial score (nSPS) is 11.0. The molecule has 0 aliphatic carbocycles. The van der Waals surface area contributed by atoms with E-state index in [0.29, 0.717) is 15.9 Å². The number of hydrogen-bond acceptors (Lipinski definition) is 4. The number of ketones is 1. The average Bonchev–Trinajstić information content (AvgIpc) is 2.98. The Morgan fingerprint density at radius 1 is 1.08 bits per heavy atom. The maximum absolute atomic E-state index is 13.0. The lowest BCUT2D eigenvalue weighted by atomic mass is 10.1. The highest BCUT2D eigenvalue weighted by Gasteiger charge is 2.23. The van der Waals surface area contributed by atoms with Gasteiger partial charge in [0.25, 0.3) is 0 Å². The van der Waals surface area contributed by atoms with Crippen molar-refractivity contribution in [3.05, 3.63) is 71.1 Å². The monoisotopic (exact) mass is 364 g/mol. The summed E-state index contributed by atoms with van der Waals surface area (Å²) in [5, 5.41) is 2.89. The first kappa shape index (κ1) is 16.3. The van der Waals surface area contributed by atoms with Crippen LogP contribution in [0.4, 0.5) is 0 Å². The lowest BCUT2D eigenvalue weighted by molar-refractivity contribution is -0.131. The molecule has 0 aliphatic rings. The number of hydrogen-bond donors (Lipinski definition) is 1. The molecular formula is C20H13ClN2O3. The number of esters is 1. The van der Waals surface area contributed by atoms with Crippen LogP contribution in [-0.2, 0) is 4.79 Å². The van der Waals surface area contributed by atoms with E-state index >= 15 is 0 Å².